The van der Waals surface area contributed by atoms with Crippen LogP contribution in [-0.4, -0.2) is 23.2 Å². The Labute approximate surface area is 120 Å². The van der Waals surface area contributed by atoms with Crippen LogP contribution >= 0.6 is 11.3 Å². The molecule has 1 aliphatic carbocycles. The van der Waals surface area contributed by atoms with Crippen LogP contribution in [0.5, 0.6) is 0 Å². The van der Waals surface area contributed by atoms with Gasteiger partial charge in [0.25, 0.3) is 5.91 Å². The maximum atomic E-state index is 13.2. The molecule has 3 rings (SSSR count). The maximum absolute atomic E-state index is 13.2. The highest BCUT2D eigenvalue weighted by Gasteiger charge is 2.35. The maximum Gasteiger partial charge on any atom is 0.261 e. The van der Waals surface area contributed by atoms with Gasteiger partial charge in [0.05, 0.1) is 17.0 Å². The molecule has 106 valence electrons. The van der Waals surface area contributed by atoms with Crippen LogP contribution in [0.1, 0.15) is 35.4 Å². The fraction of sp³-hybridized carbons (Fsp3) is 0.400. The summed E-state index contributed by atoms with van der Waals surface area (Å²) >= 11 is 1.28. The minimum atomic E-state index is -0.474. The molecule has 0 bridgehead atoms. The Morgan fingerprint density at radius 2 is 2.10 bits per heavy atom. The molecule has 2 N–H and O–H groups in total. The van der Waals surface area contributed by atoms with Crippen molar-refractivity contribution in [2.24, 2.45) is 0 Å². The predicted molar refractivity (Wildman–Crippen MR) is 77.5 cm³/mol. The van der Waals surface area contributed by atoms with E-state index in [1.54, 1.807) is 12.1 Å². The van der Waals surface area contributed by atoms with Gasteiger partial charge in [0.15, 0.2) is 0 Å². The second-order valence-corrected chi connectivity index (χ2v) is 6.48. The standard InChI is InChI=1S/C15H16FNO2S/c16-11-4-3-10-7-13(20-12(10)8-11)14(19)17-15(9-18)5-1-2-6-15/h3-4,7-8,18H,1-2,5-6,9H2,(H,17,19). The van der Waals surface area contributed by atoms with Crippen LogP contribution in [0.4, 0.5) is 4.39 Å². The molecule has 1 heterocycles. The molecular weight excluding hydrogens is 277 g/mol. The molecule has 0 saturated heterocycles. The minimum Gasteiger partial charge on any atom is -0.394 e. The highest BCUT2D eigenvalue weighted by atomic mass is 32.1. The summed E-state index contributed by atoms with van der Waals surface area (Å²) in [7, 11) is 0. The van der Waals surface area contributed by atoms with Gasteiger partial charge in [-0.05, 0) is 36.4 Å². The summed E-state index contributed by atoms with van der Waals surface area (Å²) in [5.74, 6) is -0.475. The number of hydrogen-bond acceptors (Lipinski definition) is 3. The zero-order valence-corrected chi connectivity index (χ0v) is 11.8. The number of benzene rings is 1. The van der Waals surface area contributed by atoms with Gasteiger partial charge >= 0.3 is 0 Å². The molecule has 1 aromatic carbocycles. The van der Waals surface area contributed by atoms with Gasteiger partial charge in [0.1, 0.15) is 5.82 Å². The van der Waals surface area contributed by atoms with Crippen LogP contribution in [-0.2, 0) is 0 Å². The van der Waals surface area contributed by atoms with Gasteiger partial charge in [-0.3, -0.25) is 4.79 Å². The summed E-state index contributed by atoms with van der Waals surface area (Å²) in [4.78, 5) is 12.9. The second-order valence-electron chi connectivity index (χ2n) is 5.39. The lowest BCUT2D eigenvalue weighted by Gasteiger charge is -2.27. The molecule has 0 radical (unpaired) electrons. The lowest BCUT2D eigenvalue weighted by atomic mass is 9.99. The number of fused-ring (bicyclic) bond motifs is 1. The first-order valence-electron chi connectivity index (χ1n) is 6.74. The monoisotopic (exact) mass is 293 g/mol. The molecule has 20 heavy (non-hydrogen) atoms. The number of rotatable bonds is 3. The molecule has 1 amide bonds. The Morgan fingerprint density at radius 1 is 1.35 bits per heavy atom. The lowest BCUT2D eigenvalue weighted by Crippen LogP contribution is -2.49. The summed E-state index contributed by atoms with van der Waals surface area (Å²) in [6.07, 6.45) is 3.68. The van der Waals surface area contributed by atoms with E-state index in [9.17, 15) is 14.3 Å². The summed E-state index contributed by atoms with van der Waals surface area (Å²) in [5.41, 5.74) is -0.474. The summed E-state index contributed by atoms with van der Waals surface area (Å²) in [5, 5.41) is 13.4. The zero-order chi connectivity index (χ0) is 14.2. The molecule has 0 unspecified atom stereocenters. The quantitative estimate of drug-likeness (QED) is 0.913. The van der Waals surface area contributed by atoms with E-state index >= 15 is 0 Å². The van der Waals surface area contributed by atoms with E-state index in [0.29, 0.717) is 4.88 Å². The van der Waals surface area contributed by atoms with Crippen LogP contribution in [0, 0.1) is 5.82 Å². The number of carbonyl (C=O) groups is 1. The number of amides is 1. The van der Waals surface area contributed by atoms with Crippen molar-refractivity contribution in [3.63, 3.8) is 0 Å². The molecule has 5 heteroatoms. The van der Waals surface area contributed by atoms with Crippen molar-refractivity contribution in [2.75, 3.05) is 6.61 Å². The van der Waals surface area contributed by atoms with Gasteiger partial charge < -0.3 is 10.4 Å². The lowest BCUT2D eigenvalue weighted by molar-refractivity contribution is 0.0842. The number of aliphatic hydroxyl groups excluding tert-OH is 1. The fourth-order valence-electron chi connectivity index (χ4n) is 2.79. The third kappa shape index (κ3) is 2.43. The first kappa shape index (κ1) is 13.5. The van der Waals surface area contributed by atoms with Crippen molar-refractivity contribution < 1.29 is 14.3 Å². The third-order valence-corrected chi connectivity index (χ3v) is 5.04. The van der Waals surface area contributed by atoms with Crippen LogP contribution in [0.15, 0.2) is 24.3 Å². The van der Waals surface area contributed by atoms with Crippen molar-refractivity contribution in [3.05, 3.63) is 35.0 Å². The Kier molecular flexibility index (Phi) is 3.48. The van der Waals surface area contributed by atoms with E-state index in [-0.39, 0.29) is 18.3 Å². The summed E-state index contributed by atoms with van der Waals surface area (Å²) in [6.45, 7) is -0.0295. The van der Waals surface area contributed by atoms with Gasteiger partial charge in [-0.25, -0.2) is 4.39 Å². The average molecular weight is 293 g/mol. The van der Waals surface area contributed by atoms with Gasteiger partial charge in [-0.15, -0.1) is 11.3 Å². The molecule has 2 aromatic rings. The topological polar surface area (TPSA) is 49.3 Å². The first-order valence-corrected chi connectivity index (χ1v) is 7.56. The molecule has 0 spiro atoms. The largest absolute Gasteiger partial charge is 0.394 e. The first-order chi connectivity index (χ1) is 9.62. The molecule has 1 fully saturated rings. The number of hydrogen-bond donors (Lipinski definition) is 2. The second kappa shape index (κ2) is 5.14. The number of carbonyl (C=O) groups excluding carboxylic acids is 1. The van der Waals surface area contributed by atoms with E-state index < -0.39 is 5.54 Å². The number of thiophene rings is 1. The van der Waals surface area contributed by atoms with Gasteiger partial charge in [0.2, 0.25) is 0 Å². The summed E-state index contributed by atoms with van der Waals surface area (Å²) in [6, 6.07) is 6.28. The zero-order valence-electron chi connectivity index (χ0n) is 11.0. The van der Waals surface area contributed by atoms with E-state index in [0.717, 1.165) is 35.8 Å². The average Bonchev–Trinajstić information content (AvgIpc) is 3.05. The van der Waals surface area contributed by atoms with Crippen LogP contribution in [0.3, 0.4) is 0 Å². The van der Waals surface area contributed by atoms with Crippen molar-refractivity contribution >= 4 is 27.3 Å². The number of halogens is 1. The predicted octanol–water partition coefficient (Wildman–Crippen LogP) is 3.08. The molecular formula is C15H16FNO2S. The fourth-order valence-corrected chi connectivity index (χ4v) is 3.78. The Balaban J connectivity index is 1.85. The number of nitrogens with one attached hydrogen (secondary N) is 1. The molecule has 1 aliphatic rings. The smallest absolute Gasteiger partial charge is 0.261 e. The normalized spacial score (nSPS) is 17.5. The van der Waals surface area contributed by atoms with E-state index in [4.69, 9.17) is 0 Å². The number of aliphatic hydroxyl groups is 1. The molecule has 0 atom stereocenters. The Bertz CT molecular complexity index is 646. The van der Waals surface area contributed by atoms with Crippen LogP contribution in [0.2, 0.25) is 0 Å². The SMILES string of the molecule is O=C(NC1(CO)CCCC1)c1cc2ccc(F)cc2s1. The van der Waals surface area contributed by atoms with Crippen LogP contribution < -0.4 is 5.32 Å². The van der Waals surface area contributed by atoms with E-state index in [1.807, 2.05) is 0 Å². The van der Waals surface area contributed by atoms with Gasteiger partial charge in [0, 0.05) is 4.70 Å². The molecule has 3 nitrogen and oxygen atoms in total. The van der Waals surface area contributed by atoms with Gasteiger partial charge in [-0.2, -0.15) is 0 Å². The molecule has 1 saturated carbocycles. The Hall–Kier alpha value is -1.46. The van der Waals surface area contributed by atoms with Crippen molar-refractivity contribution in [2.45, 2.75) is 31.2 Å². The highest BCUT2D eigenvalue weighted by Crippen LogP contribution is 2.31. The van der Waals surface area contributed by atoms with Crippen molar-refractivity contribution in [1.82, 2.24) is 5.32 Å². The Morgan fingerprint density at radius 3 is 2.80 bits per heavy atom. The van der Waals surface area contributed by atoms with E-state index in [2.05, 4.69) is 5.32 Å². The summed E-state index contributed by atoms with van der Waals surface area (Å²) < 4.78 is 13.9. The van der Waals surface area contributed by atoms with Crippen molar-refractivity contribution in [3.8, 4) is 0 Å². The van der Waals surface area contributed by atoms with Crippen molar-refractivity contribution in [1.29, 1.82) is 0 Å². The van der Waals surface area contributed by atoms with E-state index in [1.165, 1.54) is 23.5 Å². The van der Waals surface area contributed by atoms with Crippen LogP contribution in [0.25, 0.3) is 10.1 Å². The third-order valence-electron chi connectivity index (χ3n) is 3.95. The highest BCUT2D eigenvalue weighted by molar-refractivity contribution is 7.20. The molecule has 0 aliphatic heterocycles. The minimum absolute atomic E-state index is 0.0295. The molecule has 1 aromatic heterocycles. The van der Waals surface area contributed by atoms with Gasteiger partial charge in [-0.1, -0.05) is 18.9 Å².